The standard InChI is InChI=1S/C9H12N6O5/c1-3-19-7(17)5-6(16)9(12-14-10,13-15-11)8(18)20-4-2/h3-5H2,1-2H3. The van der Waals surface area contributed by atoms with Gasteiger partial charge >= 0.3 is 11.9 Å². The number of carbonyl (C=O) groups excluding carboxylic acids is 3. The van der Waals surface area contributed by atoms with Gasteiger partial charge in [0.15, 0.2) is 5.78 Å². The molecule has 0 atom stereocenters. The van der Waals surface area contributed by atoms with E-state index in [4.69, 9.17) is 11.1 Å². The molecule has 0 aliphatic carbocycles. The van der Waals surface area contributed by atoms with E-state index in [0.29, 0.717) is 0 Å². The van der Waals surface area contributed by atoms with E-state index in [-0.39, 0.29) is 13.2 Å². The molecule has 108 valence electrons. The Hall–Kier alpha value is -2.77. The van der Waals surface area contributed by atoms with Gasteiger partial charge in [0.05, 0.1) is 13.2 Å². The van der Waals surface area contributed by atoms with Crippen LogP contribution in [0.25, 0.3) is 20.9 Å². The molecule has 0 radical (unpaired) electrons. The first-order valence-electron chi connectivity index (χ1n) is 5.47. The van der Waals surface area contributed by atoms with Crippen molar-refractivity contribution >= 4 is 17.7 Å². The molecule has 0 aliphatic rings. The second-order valence-electron chi connectivity index (χ2n) is 3.18. The van der Waals surface area contributed by atoms with Gasteiger partial charge in [-0.2, -0.15) is 0 Å². The lowest BCUT2D eigenvalue weighted by molar-refractivity contribution is -0.155. The fraction of sp³-hybridized carbons (Fsp3) is 0.667. The van der Waals surface area contributed by atoms with Gasteiger partial charge in [0.25, 0.3) is 5.66 Å². The van der Waals surface area contributed by atoms with Crippen LogP contribution in [-0.2, 0) is 23.9 Å². The average molecular weight is 284 g/mol. The first-order chi connectivity index (χ1) is 9.48. The molecule has 0 aromatic carbocycles. The van der Waals surface area contributed by atoms with E-state index in [1.165, 1.54) is 13.8 Å². The van der Waals surface area contributed by atoms with E-state index in [0.717, 1.165) is 0 Å². The molecule has 0 aliphatic heterocycles. The highest BCUT2D eigenvalue weighted by atomic mass is 16.5. The smallest absolute Gasteiger partial charge is 0.331 e. The Bertz CT molecular complexity index is 473. The molecule has 0 aromatic heterocycles. The van der Waals surface area contributed by atoms with Crippen molar-refractivity contribution in [3.63, 3.8) is 0 Å². The maximum Gasteiger partial charge on any atom is 0.331 e. The molecule has 0 saturated heterocycles. The molecule has 0 rings (SSSR count). The number of hydrogen-bond acceptors (Lipinski definition) is 7. The SMILES string of the molecule is CCOC(=O)CC(=O)C(N=[N+]=[N-])(N=[N+]=[N-])C(=O)OCC. The monoisotopic (exact) mass is 284 g/mol. The summed E-state index contributed by atoms with van der Waals surface area (Å²) in [5.41, 5.74) is 14.1. The molecule has 0 bridgehead atoms. The second kappa shape index (κ2) is 8.35. The van der Waals surface area contributed by atoms with Crippen molar-refractivity contribution in [2.75, 3.05) is 13.2 Å². The fourth-order valence-corrected chi connectivity index (χ4v) is 1.15. The van der Waals surface area contributed by atoms with Crippen LogP contribution in [-0.4, -0.2) is 36.6 Å². The van der Waals surface area contributed by atoms with Crippen molar-refractivity contribution < 1.29 is 23.9 Å². The van der Waals surface area contributed by atoms with Crippen LogP contribution in [0, 0.1) is 0 Å². The van der Waals surface area contributed by atoms with Crippen molar-refractivity contribution in [3.05, 3.63) is 20.9 Å². The maximum atomic E-state index is 11.9. The molecule has 0 fully saturated rings. The zero-order chi connectivity index (χ0) is 15.6. The summed E-state index contributed by atoms with van der Waals surface area (Å²) in [6.45, 7) is 2.82. The normalized spacial score (nSPS) is 12.1. The predicted octanol–water partition coefficient (Wildman–Crippen LogP) is 1.39. The summed E-state index contributed by atoms with van der Waals surface area (Å²) in [5.74, 6) is -3.54. The average Bonchev–Trinajstić information content (AvgIpc) is 2.38. The first kappa shape index (κ1) is 17.2. The summed E-state index contributed by atoms with van der Waals surface area (Å²) in [6, 6.07) is 0. The maximum absolute atomic E-state index is 11.9. The summed E-state index contributed by atoms with van der Waals surface area (Å²) in [4.78, 5) is 39.4. The topological polar surface area (TPSA) is 167 Å². The van der Waals surface area contributed by atoms with Crippen molar-refractivity contribution in [1.29, 1.82) is 0 Å². The van der Waals surface area contributed by atoms with Crippen molar-refractivity contribution in [2.45, 2.75) is 25.9 Å². The van der Waals surface area contributed by atoms with Crippen molar-refractivity contribution in [3.8, 4) is 0 Å². The highest BCUT2D eigenvalue weighted by molar-refractivity contribution is 6.13. The van der Waals surface area contributed by atoms with Crippen LogP contribution in [0.2, 0.25) is 0 Å². The molecule has 0 saturated carbocycles. The summed E-state index contributed by atoms with van der Waals surface area (Å²) in [6.07, 6.45) is -0.898. The molecule has 0 N–H and O–H groups in total. The molecular weight excluding hydrogens is 272 g/mol. The Morgan fingerprint density at radius 2 is 1.55 bits per heavy atom. The number of rotatable bonds is 8. The fourth-order valence-electron chi connectivity index (χ4n) is 1.15. The van der Waals surface area contributed by atoms with Gasteiger partial charge in [-0.25, -0.2) is 0 Å². The summed E-state index contributed by atoms with van der Waals surface area (Å²) in [7, 11) is 0. The third-order valence-corrected chi connectivity index (χ3v) is 1.94. The van der Waals surface area contributed by atoms with Crippen LogP contribution in [0.1, 0.15) is 20.3 Å². The second-order valence-corrected chi connectivity index (χ2v) is 3.18. The van der Waals surface area contributed by atoms with Crippen molar-refractivity contribution in [1.82, 2.24) is 0 Å². The van der Waals surface area contributed by atoms with E-state index in [9.17, 15) is 14.4 Å². The minimum Gasteiger partial charge on any atom is -0.466 e. The summed E-state index contributed by atoms with van der Waals surface area (Å²) < 4.78 is 9.06. The van der Waals surface area contributed by atoms with Gasteiger partial charge in [0.1, 0.15) is 6.42 Å². The lowest BCUT2D eigenvalue weighted by Crippen LogP contribution is -2.44. The quantitative estimate of drug-likeness (QED) is 0.215. The number of carbonyl (C=O) groups is 3. The number of nitrogens with zero attached hydrogens (tertiary/aromatic N) is 6. The number of hydrogen-bond donors (Lipinski definition) is 0. The molecule has 11 heteroatoms. The lowest BCUT2D eigenvalue weighted by atomic mass is 10.0. The van der Waals surface area contributed by atoms with Crippen LogP contribution < -0.4 is 0 Å². The highest BCUT2D eigenvalue weighted by Gasteiger charge is 2.47. The van der Waals surface area contributed by atoms with Gasteiger partial charge in [-0.05, 0) is 24.9 Å². The third kappa shape index (κ3) is 4.16. The van der Waals surface area contributed by atoms with Gasteiger partial charge in [0, 0.05) is 9.82 Å². The van der Waals surface area contributed by atoms with Crippen LogP contribution >= 0.6 is 0 Å². The largest absolute Gasteiger partial charge is 0.466 e. The molecular formula is C9H12N6O5. The third-order valence-electron chi connectivity index (χ3n) is 1.94. The van der Waals surface area contributed by atoms with E-state index in [1.807, 2.05) is 0 Å². The lowest BCUT2D eigenvalue weighted by Gasteiger charge is -2.18. The summed E-state index contributed by atoms with van der Waals surface area (Å²) >= 11 is 0. The zero-order valence-corrected chi connectivity index (χ0v) is 10.8. The van der Waals surface area contributed by atoms with Gasteiger partial charge < -0.3 is 9.47 Å². The first-order valence-corrected chi connectivity index (χ1v) is 5.47. The Morgan fingerprint density at radius 1 is 1.05 bits per heavy atom. The van der Waals surface area contributed by atoms with Gasteiger partial charge in [-0.15, -0.1) is 0 Å². The minimum absolute atomic E-state index is 0.0154. The molecule has 0 amide bonds. The Kier molecular flexibility index (Phi) is 7.20. The van der Waals surface area contributed by atoms with Crippen LogP contribution in [0.3, 0.4) is 0 Å². The van der Waals surface area contributed by atoms with Crippen LogP contribution in [0.15, 0.2) is 10.2 Å². The van der Waals surface area contributed by atoms with Gasteiger partial charge in [-0.3, -0.25) is 14.4 Å². The minimum atomic E-state index is -2.79. The number of esters is 2. The molecule has 20 heavy (non-hydrogen) atoms. The number of ether oxygens (including phenoxy) is 2. The van der Waals surface area contributed by atoms with E-state index >= 15 is 0 Å². The molecule has 0 spiro atoms. The van der Waals surface area contributed by atoms with Crippen LogP contribution in [0.5, 0.6) is 0 Å². The molecule has 0 unspecified atom stereocenters. The van der Waals surface area contributed by atoms with Crippen LogP contribution in [0.4, 0.5) is 0 Å². The molecule has 11 nitrogen and oxygen atoms in total. The zero-order valence-electron chi connectivity index (χ0n) is 10.8. The van der Waals surface area contributed by atoms with Crippen molar-refractivity contribution in [2.24, 2.45) is 10.2 Å². The Balaban J connectivity index is 5.55. The predicted molar refractivity (Wildman–Crippen MR) is 63.9 cm³/mol. The van der Waals surface area contributed by atoms with E-state index in [2.05, 4.69) is 29.5 Å². The Morgan fingerprint density at radius 3 is 1.95 bits per heavy atom. The molecule has 0 aromatic rings. The van der Waals surface area contributed by atoms with Gasteiger partial charge in [-0.1, -0.05) is 10.2 Å². The highest BCUT2D eigenvalue weighted by Crippen LogP contribution is 2.20. The molecule has 0 heterocycles. The number of azide groups is 1. The Labute approximate surface area is 113 Å². The van der Waals surface area contributed by atoms with Gasteiger partial charge in [0.2, 0.25) is 0 Å². The van der Waals surface area contributed by atoms with E-state index < -0.39 is 29.8 Å². The summed E-state index contributed by atoms with van der Waals surface area (Å²) in [5, 5.41) is 5.81. The van der Waals surface area contributed by atoms with E-state index in [1.54, 1.807) is 0 Å². The number of ketones is 1. The number of Topliss-reactive ketones (excluding diaryl/α,β-unsaturated/α-hetero) is 1.